The predicted octanol–water partition coefficient (Wildman–Crippen LogP) is 4.36. The van der Waals surface area contributed by atoms with Gasteiger partial charge in [-0.25, -0.2) is 0 Å². The SMILES string of the molecule is CC1(C)C(c2ccccc2)=C1[Si](C)(C)C. The molecule has 1 aliphatic rings. The van der Waals surface area contributed by atoms with Crippen molar-refractivity contribution in [2.75, 3.05) is 0 Å². The maximum Gasteiger partial charge on any atom is 0.0740 e. The van der Waals surface area contributed by atoms with Gasteiger partial charge in [-0.2, -0.15) is 0 Å². The molecule has 1 heteroatoms. The Morgan fingerprint density at radius 2 is 1.47 bits per heavy atom. The van der Waals surface area contributed by atoms with Crippen LogP contribution in [0.25, 0.3) is 5.57 Å². The molecule has 0 bridgehead atoms. The van der Waals surface area contributed by atoms with Gasteiger partial charge in [0.1, 0.15) is 0 Å². The molecule has 0 radical (unpaired) electrons. The molecule has 0 saturated heterocycles. The Balaban J connectivity index is 2.44. The summed E-state index contributed by atoms with van der Waals surface area (Å²) in [6.45, 7) is 12.1. The normalized spacial score (nSPS) is 19.3. The third kappa shape index (κ3) is 1.69. The van der Waals surface area contributed by atoms with Crippen molar-refractivity contribution in [1.82, 2.24) is 0 Å². The van der Waals surface area contributed by atoms with Crippen molar-refractivity contribution in [3.05, 3.63) is 41.1 Å². The molecule has 15 heavy (non-hydrogen) atoms. The lowest BCUT2D eigenvalue weighted by Crippen LogP contribution is -2.22. The maximum atomic E-state index is 2.44. The maximum absolute atomic E-state index is 2.44. The lowest BCUT2D eigenvalue weighted by atomic mass is 10.0. The first-order valence-corrected chi connectivity index (χ1v) is 9.16. The Hall–Kier alpha value is -0.823. The zero-order valence-electron chi connectivity index (χ0n) is 10.4. The molecule has 80 valence electrons. The van der Waals surface area contributed by atoms with Crippen molar-refractivity contribution < 1.29 is 0 Å². The second-order valence-corrected chi connectivity index (χ2v) is 11.0. The standard InChI is InChI=1S/C14H20Si/c1-14(2)12(13(14)15(3,4)5)11-9-7-6-8-10-11/h6-10H,1-5H3. The highest BCUT2D eigenvalue weighted by Gasteiger charge is 2.50. The fourth-order valence-corrected chi connectivity index (χ4v) is 6.04. The highest BCUT2D eigenvalue weighted by Crippen LogP contribution is 2.61. The van der Waals surface area contributed by atoms with Gasteiger partial charge in [0, 0.05) is 5.41 Å². The second-order valence-electron chi connectivity index (χ2n) is 5.99. The van der Waals surface area contributed by atoms with Crippen LogP contribution in [0, 0.1) is 5.41 Å². The molecule has 0 aliphatic heterocycles. The molecule has 0 fully saturated rings. The van der Waals surface area contributed by atoms with Crippen LogP contribution in [-0.2, 0) is 0 Å². The van der Waals surface area contributed by atoms with Crippen LogP contribution < -0.4 is 0 Å². The molecule has 2 rings (SSSR count). The predicted molar refractivity (Wildman–Crippen MR) is 70.5 cm³/mol. The molecule has 1 aromatic rings. The summed E-state index contributed by atoms with van der Waals surface area (Å²) in [5, 5.41) is 1.75. The number of benzene rings is 1. The van der Waals surface area contributed by atoms with E-state index in [1.54, 1.807) is 10.8 Å². The first kappa shape index (κ1) is 10.7. The summed E-state index contributed by atoms with van der Waals surface area (Å²) in [6.07, 6.45) is 0. The number of allylic oxidation sites excluding steroid dienone is 2. The Morgan fingerprint density at radius 3 is 1.87 bits per heavy atom. The quantitative estimate of drug-likeness (QED) is 0.644. The second kappa shape index (κ2) is 3.08. The zero-order chi connectivity index (χ0) is 11.3. The lowest BCUT2D eigenvalue weighted by molar-refractivity contribution is 0.730. The average Bonchev–Trinajstić information content (AvgIpc) is 2.70. The van der Waals surface area contributed by atoms with Crippen LogP contribution in [0.4, 0.5) is 0 Å². The third-order valence-corrected chi connectivity index (χ3v) is 5.62. The Morgan fingerprint density at radius 1 is 0.933 bits per heavy atom. The van der Waals surface area contributed by atoms with E-state index in [0.29, 0.717) is 5.41 Å². The summed E-state index contributed by atoms with van der Waals surface area (Å²) in [5.41, 5.74) is 3.41. The molecule has 0 spiro atoms. The highest BCUT2D eigenvalue weighted by molar-refractivity contribution is 6.86. The fraction of sp³-hybridized carbons (Fsp3) is 0.429. The smallest absolute Gasteiger partial charge is 0.0668 e. The van der Waals surface area contributed by atoms with E-state index in [0.717, 1.165) is 0 Å². The number of hydrogen-bond acceptors (Lipinski definition) is 0. The van der Waals surface area contributed by atoms with E-state index in [4.69, 9.17) is 0 Å². The Kier molecular flexibility index (Phi) is 2.20. The molecular formula is C14H20Si. The van der Waals surface area contributed by atoms with Crippen molar-refractivity contribution >= 4 is 13.6 Å². The van der Waals surface area contributed by atoms with E-state index in [9.17, 15) is 0 Å². The van der Waals surface area contributed by atoms with Crippen LogP contribution in [0.5, 0.6) is 0 Å². The van der Waals surface area contributed by atoms with Gasteiger partial charge in [-0.05, 0) is 11.1 Å². The van der Waals surface area contributed by atoms with Crippen molar-refractivity contribution in [3.8, 4) is 0 Å². The molecular weight excluding hydrogens is 196 g/mol. The first-order chi connectivity index (χ1) is 6.85. The molecule has 0 nitrogen and oxygen atoms in total. The molecule has 0 saturated carbocycles. The van der Waals surface area contributed by atoms with Gasteiger partial charge in [0.2, 0.25) is 0 Å². The highest BCUT2D eigenvalue weighted by atomic mass is 28.3. The van der Waals surface area contributed by atoms with E-state index >= 15 is 0 Å². The van der Waals surface area contributed by atoms with Gasteiger partial charge >= 0.3 is 0 Å². The summed E-state index contributed by atoms with van der Waals surface area (Å²) in [7, 11) is -1.13. The van der Waals surface area contributed by atoms with E-state index in [2.05, 4.69) is 63.8 Å². The zero-order valence-corrected chi connectivity index (χ0v) is 11.4. The van der Waals surface area contributed by atoms with Crippen LogP contribution in [-0.4, -0.2) is 8.07 Å². The third-order valence-electron chi connectivity index (χ3n) is 3.25. The summed E-state index contributed by atoms with van der Waals surface area (Å²) in [4.78, 5) is 0. The lowest BCUT2D eigenvalue weighted by Gasteiger charge is -2.16. The summed E-state index contributed by atoms with van der Waals surface area (Å²) in [5.74, 6) is 0. The average molecular weight is 216 g/mol. The Bertz CT molecular complexity index is 405. The van der Waals surface area contributed by atoms with Gasteiger partial charge in [0.15, 0.2) is 0 Å². The van der Waals surface area contributed by atoms with Crippen molar-refractivity contribution in [2.45, 2.75) is 33.5 Å². The molecule has 0 amide bonds. The largest absolute Gasteiger partial charge is 0.0740 e. The van der Waals surface area contributed by atoms with Crippen molar-refractivity contribution in [3.63, 3.8) is 0 Å². The summed E-state index contributed by atoms with van der Waals surface area (Å²) in [6, 6.07) is 10.8. The van der Waals surface area contributed by atoms with Gasteiger partial charge < -0.3 is 0 Å². The van der Waals surface area contributed by atoms with Gasteiger partial charge in [0.05, 0.1) is 8.07 Å². The molecule has 0 unspecified atom stereocenters. The van der Waals surface area contributed by atoms with Gasteiger partial charge in [0.25, 0.3) is 0 Å². The minimum atomic E-state index is -1.13. The van der Waals surface area contributed by atoms with Crippen molar-refractivity contribution in [1.29, 1.82) is 0 Å². The monoisotopic (exact) mass is 216 g/mol. The molecule has 0 aromatic heterocycles. The van der Waals surface area contributed by atoms with Crippen LogP contribution in [0.2, 0.25) is 19.6 Å². The van der Waals surface area contributed by atoms with E-state index in [1.807, 2.05) is 0 Å². The number of hydrogen-bond donors (Lipinski definition) is 0. The molecule has 0 atom stereocenters. The first-order valence-electron chi connectivity index (χ1n) is 5.66. The van der Waals surface area contributed by atoms with Crippen molar-refractivity contribution in [2.24, 2.45) is 5.41 Å². The van der Waals surface area contributed by atoms with Crippen LogP contribution in [0.3, 0.4) is 0 Å². The van der Waals surface area contributed by atoms with E-state index in [-0.39, 0.29) is 0 Å². The minimum absolute atomic E-state index is 0.367. The van der Waals surface area contributed by atoms with Gasteiger partial charge in [-0.3, -0.25) is 0 Å². The molecule has 0 heterocycles. The molecule has 1 aromatic carbocycles. The van der Waals surface area contributed by atoms with Crippen LogP contribution >= 0.6 is 0 Å². The minimum Gasteiger partial charge on any atom is -0.0668 e. The molecule has 1 aliphatic carbocycles. The van der Waals surface area contributed by atoms with Gasteiger partial charge in [-0.1, -0.05) is 69.0 Å². The molecule has 0 N–H and O–H groups in total. The number of rotatable bonds is 2. The van der Waals surface area contributed by atoms with Crippen LogP contribution in [0.15, 0.2) is 35.5 Å². The van der Waals surface area contributed by atoms with E-state index < -0.39 is 8.07 Å². The summed E-state index contributed by atoms with van der Waals surface area (Å²) >= 11 is 0. The van der Waals surface area contributed by atoms with Crippen LogP contribution in [0.1, 0.15) is 19.4 Å². The topological polar surface area (TPSA) is 0 Å². The van der Waals surface area contributed by atoms with E-state index in [1.165, 1.54) is 5.56 Å². The fourth-order valence-electron chi connectivity index (χ4n) is 2.89. The van der Waals surface area contributed by atoms with Gasteiger partial charge in [-0.15, -0.1) is 0 Å². The summed E-state index contributed by atoms with van der Waals surface area (Å²) < 4.78 is 0. The Labute approximate surface area is 94.0 Å².